The van der Waals surface area contributed by atoms with Gasteiger partial charge in [-0.1, -0.05) is 0 Å². The number of hydrogen-bond donors (Lipinski definition) is 2. The van der Waals surface area contributed by atoms with Gasteiger partial charge in [0.05, 0.1) is 6.54 Å². The standard InChI is InChI=1S/C13H15N3O3S2/c14-21(18,19)12-6-5-10(20-12)8-15-13(17)11-2-1-7-16(11)9-3-4-9/h1-2,5-7,9H,3-4,8H2,(H,15,17)(H2,14,18,19). The van der Waals surface area contributed by atoms with Gasteiger partial charge in [-0.05, 0) is 37.1 Å². The smallest absolute Gasteiger partial charge is 0.268 e. The lowest BCUT2D eigenvalue weighted by Gasteiger charge is -2.07. The van der Waals surface area contributed by atoms with E-state index in [1.54, 1.807) is 12.1 Å². The highest BCUT2D eigenvalue weighted by Crippen LogP contribution is 2.36. The third-order valence-electron chi connectivity index (χ3n) is 3.29. The molecule has 0 radical (unpaired) electrons. The number of aromatic nitrogens is 1. The van der Waals surface area contributed by atoms with E-state index >= 15 is 0 Å². The van der Waals surface area contributed by atoms with Crippen molar-refractivity contribution in [3.63, 3.8) is 0 Å². The molecule has 2 heterocycles. The first kappa shape index (κ1) is 14.3. The van der Waals surface area contributed by atoms with Crippen LogP contribution in [-0.2, 0) is 16.6 Å². The minimum atomic E-state index is -3.67. The number of thiophene rings is 1. The van der Waals surface area contributed by atoms with Crippen LogP contribution >= 0.6 is 11.3 Å². The Morgan fingerprint density at radius 3 is 2.76 bits per heavy atom. The van der Waals surface area contributed by atoms with Crippen molar-refractivity contribution in [1.29, 1.82) is 0 Å². The number of primary sulfonamides is 1. The Labute approximate surface area is 126 Å². The number of rotatable bonds is 5. The van der Waals surface area contributed by atoms with E-state index in [-0.39, 0.29) is 16.7 Å². The minimum Gasteiger partial charge on any atom is -0.346 e. The summed E-state index contributed by atoms with van der Waals surface area (Å²) in [5.41, 5.74) is 0.640. The number of hydrogen-bond acceptors (Lipinski definition) is 4. The Bertz CT molecular complexity index is 772. The molecule has 0 unspecified atom stereocenters. The normalized spacial score (nSPS) is 15.1. The van der Waals surface area contributed by atoms with Gasteiger partial charge in [-0.25, -0.2) is 13.6 Å². The molecular weight excluding hydrogens is 310 g/mol. The summed E-state index contributed by atoms with van der Waals surface area (Å²) in [6.07, 6.45) is 4.13. The van der Waals surface area contributed by atoms with Crippen LogP contribution in [-0.4, -0.2) is 18.9 Å². The second-order valence-electron chi connectivity index (χ2n) is 4.98. The molecule has 21 heavy (non-hydrogen) atoms. The molecule has 0 atom stereocenters. The van der Waals surface area contributed by atoms with E-state index in [0.717, 1.165) is 29.1 Å². The lowest BCUT2D eigenvalue weighted by Crippen LogP contribution is -2.24. The van der Waals surface area contributed by atoms with Crippen LogP contribution in [0.4, 0.5) is 0 Å². The largest absolute Gasteiger partial charge is 0.346 e. The van der Waals surface area contributed by atoms with Crippen LogP contribution in [0.15, 0.2) is 34.7 Å². The Hall–Kier alpha value is -1.64. The van der Waals surface area contributed by atoms with E-state index in [1.807, 2.05) is 16.8 Å². The van der Waals surface area contributed by atoms with Gasteiger partial charge in [0.25, 0.3) is 5.91 Å². The maximum atomic E-state index is 12.2. The van der Waals surface area contributed by atoms with Gasteiger partial charge in [0.2, 0.25) is 10.0 Å². The lowest BCUT2D eigenvalue weighted by atomic mass is 10.3. The summed E-state index contributed by atoms with van der Waals surface area (Å²) in [6, 6.07) is 7.20. The van der Waals surface area contributed by atoms with Crippen molar-refractivity contribution in [1.82, 2.24) is 9.88 Å². The fourth-order valence-corrected chi connectivity index (χ4v) is 3.84. The van der Waals surface area contributed by atoms with Crippen molar-refractivity contribution in [2.45, 2.75) is 29.6 Å². The number of amides is 1. The van der Waals surface area contributed by atoms with Crippen LogP contribution in [0.5, 0.6) is 0 Å². The van der Waals surface area contributed by atoms with Crippen molar-refractivity contribution in [3.05, 3.63) is 41.0 Å². The third kappa shape index (κ3) is 3.17. The molecule has 0 saturated heterocycles. The van der Waals surface area contributed by atoms with Crippen molar-refractivity contribution < 1.29 is 13.2 Å². The first-order chi connectivity index (χ1) is 9.95. The zero-order valence-corrected chi connectivity index (χ0v) is 12.8. The van der Waals surface area contributed by atoms with Crippen molar-refractivity contribution in [2.75, 3.05) is 0 Å². The summed E-state index contributed by atoms with van der Waals surface area (Å²) >= 11 is 1.07. The second-order valence-corrected chi connectivity index (χ2v) is 7.94. The van der Waals surface area contributed by atoms with Gasteiger partial charge in [-0.3, -0.25) is 4.79 Å². The molecule has 0 bridgehead atoms. The third-order valence-corrected chi connectivity index (χ3v) is 5.82. The molecule has 3 N–H and O–H groups in total. The number of nitrogens with two attached hydrogens (primary N) is 1. The topological polar surface area (TPSA) is 94.2 Å². The molecule has 1 aliphatic rings. The molecule has 1 aliphatic carbocycles. The fourth-order valence-electron chi connectivity index (χ4n) is 2.12. The van der Waals surface area contributed by atoms with Crippen LogP contribution in [0, 0.1) is 0 Å². The van der Waals surface area contributed by atoms with Gasteiger partial charge < -0.3 is 9.88 Å². The van der Waals surface area contributed by atoms with Crippen LogP contribution in [0.25, 0.3) is 0 Å². The van der Waals surface area contributed by atoms with Gasteiger partial charge in [0, 0.05) is 17.1 Å². The summed E-state index contributed by atoms with van der Waals surface area (Å²) in [5.74, 6) is -0.155. The lowest BCUT2D eigenvalue weighted by molar-refractivity contribution is 0.0942. The monoisotopic (exact) mass is 325 g/mol. The van der Waals surface area contributed by atoms with Gasteiger partial charge in [0.1, 0.15) is 9.90 Å². The average molecular weight is 325 g/mol. The Morgan fingerprint density at radius 2 is 2.14 bits per heavy atom. The summed E-state index contributed by atoms with van der Waals surface area (Å²) in [7, 11) is -3.67. The fraction of sp³-hybridized carbons (Fsp3) is 0.308. The van der Waals surface area contributed by atoms with Crippen molar-refractivity contribution >= 4 is 27.3 Å². The molecule has 0 aliphatic heterocycles. The summed E-state index contributed by atoms with van der Waals surface area (Å²) in [4.78, 5) is 12.9. The second kappa shape index (κ2) is 5.28. The van der Waals surface area contributed by atoms with Gasteiger partial charge in [0.15, 0.2) is 0 Å². The molecule has 2 aromatic rings. The first-order valence-corrected chi connectivity index (χ1v) is 8.88. The summed E-state index contributed by atoms with van der Waals surface area (Å²) in [6.45, 7) is 0.287. The molecule has 0 aromatic carbocycles. The van der Waals surface area contributed by atoms with Gasteiger partial charge >= 0.3 is 0 Å². The van der Waals surface area contributed by atoms with Gasteiger partial charge in [-0.2, -0.15) is 0 Å². The zero-order valence-electron chi connectivity index (χ0n) is 11.2. The predicted molar refractivity (Wildman–Crippen MR) is 79.6 cm³/mol. The van der Waals surface area contributed by atoms with Crippen LogP contribution in [0.1, 0.15) is 34.2 Å². The predicted octanol–water partition coefficient (Wildman–Crippen LogP) is 1.46. The van der Waals surface area contributed by atoms with Crippen LogP contribution in [0.3, 0.4) is 0 Å². The van der Waals surface area contributed by atoms with E-state index in [1.165, 1.54) is 6.07 Å². The van der Waals surface area contributed by atoms with E-state index in [4.69, 9.17) is 5.14 Å². The number of nitrogens with one attached hydrogen (secondary N) is 1. The molecule has 1 saturated carbocycles. The van der Waals surface area contributed by atoms with Crippen LogP contribution < -0.4 is 10.5 Å². The maximum Gasteiger partial charge on any atom is 0.268 e. The molecule has 2 aromatic heterocycles. The highest BCUT2D eigenvalue weighted by Gasteiger charge is 2.26. The van der Waals surface area contributed by atoms with E-state index in [9.17, 15) is 13.2 Å². The Kier molecular flexibility index (Phi) is 3.60. The number of carbonyl (C=O) groups is 1. The molecule has 6 nitrogen and oxygen atoms in total. The summed E-state index contributed by atoms with van der Waals surface area (Å²) in [5, 5.41) is 7.86. The number of nitrogens with zero attached hydrogens (tertiary/aromatic N) is 1. The quantitative estimate of drug-likeness (QED) is 0.871. The van der Waals surface area contributed by atoms with Crippen LogP contribution in [0.2, 0.25) is 0 Å². The molecular formula is C13H15N3O3S2. The average Bonchev–Trinajstić information content (AvgIpc) is 2.96. The molecule has 8 heteroatoms. The van der Waals surface area contributed by atoms with E-state index < -0.39 is 10.0 Å². The first-order valence-electron chi connectivity index (χ1n) is 6.52. The number of sulfonamides is 1. The van der Waals surface area contributed by atoms with Crippen molar-refractivity contribution in [2.24, 2.45) is 5.14 Å². The molecule has 0 spiro atoms. The maximum absolute atomic E-state index is 12.2. The molecule has 3 rings (SSSR count). The molecule has 112 valence electrons. The Balaban J connectivity index is 1.66. The molecule has 1 fully saturated rings. The van der Waals surface area contributed by atoms with E-state index in [2.05, 4.69) is 5.32 Å². The minimum absolute atomic E-state index is 0.105. The summed E-state index contributed by atoms with van der Waals surface area (Å²) < 4.78 is 24.5. The molecule has 1 amide bonds. The zero-order chi connectivity index (χ0) is 15.0. The van der Waals surface area contributed by atoms with E-state index in [0.29, 0.717) is 11.7 Å². The number of carbonyl (C=O) groups excluding carboxylic acids is 1. The highest BCUT2D eigenvalue weighted by atomic mass is 32.2. The van der Waals surface area contributed by atoms with Gasteiger partial charge in [-0.15, -0.1) is 11.3 Å². The highest BCUT2D eigenvalue weighted by molar-refractivity contribution is 7.91. The SMILES string of the molecule is NS(=O)(=O)c1ccc(CNC(=O)c2cccn2C2CC2)s1. The Morgan fingerprint density at radius 1 is 1.38 bits per heavy atom. The van der Waals surface area contributed by atoms with Crippen molar-refractivity contribution in [3.8, 4) is 0 Å².